The van der Waals surface area contributed by atoms with Crippen LogP contribution in [-0.2, 0) is 4.79 Å². The Morgan fingerprint density at radius 2 is 2.08 bits per heavy atom. The molecule has 0 saturated carbocycles. The molecule has 64 valence electrons. The largest absolute Gasteiger partial charge is 1.00 e. The van der Waals surface area contributed by atoms with Crippen LogP contribution in [0.15, 0.2) is 24.3 Å². The summed E-state index contributed by atoms with van der Waals surface area (Å²) in [6.07, 6.45) is 0. The number of carbonyl (C=O) groups is 1. The van der Waals surface area contributed by atoms with Crippen molar-refractivity contribution in [3.8, 4) is 5.75 Å². The quantitative estimate of drug-likeness (QED) is 0.497. The smallest absolute Gasteiger partial charge is 0.546 e. The summed E-state index contributed by atoms with van der Waals surface area (Å²) in [5.41, 5.74) is 0.916. The van der Waals surface area contributed by atoms with Crippen molar-refractivity contribution in [1.29, 1.82) is 0 Å². The van der Waals surface area contributed by atoms with Gasteiger partial charge in [-0.2, -0.15) is 0 Å². The monoisotopic (exact) mass is 204 g/mol. The molecule has 4 heteroatoms. The number of carbonyl (C=O) groups excluding carboxylic acids is 1. The van der Waals surface area contributed by atoms with Crippen LogP contribution >= 0.6 is 0 Å². The van der Waals surface area contributed by atoms with Crippen molar-refractivity contribution in [2.75, 3.05) is 6.61 Å². The van der Waals surface area contributed by atoms with Crippen LogP contribution < -0.4 is 61.2 Å². The molecule has 0 atom stereocenters. The maximum atomic E-state index is 10.0. The van der Waals surface area contributed by atoms with E-state index in [1.807, 2.05) is 19.1 Å². The average Bonchev–Trinajstić information content (AvgIpc) is 2.03. The number of hydrogen-bond acceptors (Lipinski definition) is 3. The second-order valence-corrected chi connectivity index (χ2v) is 2.43. The van der Waals surface area contributed by atoms with Gasteiger partial charge in [0, 0.05) is 0 Å². The average molecular weight is 204 g/mol. The van der Waals surface area contributed by atoms with Gasteiger partial charge < -0.3 is 14.6 Å². The summed E-state index contributed by atoms with van der Waals surface area (Å²) < 4.78 is 4.94. The zero-order valence-corrected chi connectivity index (χ0v) is 10.9. The third-order valence-electron chi connectivity index (χ3n) is 1.44. The SMILES string of the molecule is Cc1ccccc1OCC(=O)[O-].[K+]. The predicted molar refractivity (Wildman–Crippen MR) is 41.7 cm³/mol. The number of hydrogen-bond donors (Lipinski definition) is 0. The molecule has 0 N–H and O–H groups in total. The zero-order chi connectivity index (χ0) is 8.97. The number of rotatable bonds is 3. The number of ether oxygens (including phenoxy) is 1. The molecule has 0 fully saturated rings. The second-order valence-electron chi connectivity index (χ2n) is 2.43. The van der Waals surface area contributed by atoms with Crippen LogP contribution in [0.3, 0.4) is 0 Å². The third-order valence-corrected chi connectivity index (χ3v) is 1.44. The van der Waals surface area contributed by atoms with E-state index >= 15 is 0 Å². The van der Waals surface area contributed by atoms with Gasteiger partial charge in [0.2, 0.25) is 0 Å². The van der Waals surface area contributed by atoms with Gasteiger partial charge in [0.25, 0.3) is 0 Å². The van der Waals surface area contributed by atoms with Gasteiger partial charge in [-0.15, -0.1) is 0 Å². The molecule has 0 spiro atoms. The standard InChI is InChI=1S/C9H10O3.K/c1-7-4-2-3-5-8(7)12-6-9(10)11;/h2-5H,6H2,1H3,(H,10,11);/q;+1/p-1. The third kappa shape index (κ3) is 4.78. The molecule has 1 aromatic rings. The van der Waals surface area contributed by atoms with Crippen molar-refractivity contribution in [2.24, 2.45) is 0 Å². The summed E-state index contributed by atoms with van der Waals surface area (Å²) >= 11 is 0. The summed E-state index contributed by atoms with van der Waals surface area (Å²) in [6.45, 7) is 1.45. The number of carboxylic acids is 1. The van der Waals surface area contributed by atoms with Crippen molar-refractivity contribution in [1.82, 2.24) is 0 Å². The first kappa shape index (κ1) is 13.1. The van der Waals surface area contributed by atoms with Gasteiger partial charge in [0.05, 0.1) is 5.97 Å². The molecule has 3 nitrogen and oxygen atoms in total. The molecule has 0 saturated heterocycles. The molecule has 0 heterocycles. The van der Waals surface area contributed by atoms with Crippen molar-refractivity contribution in [3.63, 3.8) is 0 Å². The van der Waals surface area contributed by atoms with Gasteiger partial charge in [0.15, 0.2) is 0 Å². The number of aryl methyl sites for hydroxylation is 1. The fraction of sp³-hybridized carbons (Fsp3) is 0.222. The molecule has 0 unspecified atom stereocenters. The van der Waals surface area contributed by atoms with E-state index in [4.69, 9.17) is 4.74 Å². The van der Waals surface area contributed by atoms with Gasteiger partial charge >= 0.3 is 51.4 Å². The Labute approximate surface area is 120 Å². The Balaban J connectivity index is 0.00000144. The van der Waals surface area contributed by atoms with Gasteiger partial charge in [-0.25, -0.2) is 0 Å². The Morgan fingerprint density at radius 3 is 2.62 bits per heavy atom. The first-order valence-corrected chi connectivity index (χ1v) is 3.58. The van der Waals surface area contributed by atoms with Crippen LogP contribution in [0.25, 0.3) is 0 Å². The van der Waals surface area contributed by atoms with Gasteiger partial charge in [0.1, 0.15) is 12.4 Å². The van der Waals surface area contributed by atoms with Gasteiger partial charge in [-0.3, -0.25) is 0 Å². The minimum Gasteiger partial charge on any atom is -0.546 e. The topological polar surface area (TPSA) is 49.4 Å². The summed E-state index contributed by atoms with van der Waals surface area (Å²) in [5.74, 6) is -0.625. The molecule has 0 aliphatic rings. The second kappa shape index (κ2) is 6.56. The predicted octanol–water partition coefficient (Wildman–Crippen LogP) is -2.87. The van der Waals surface area contributed by atoms with Crippen molar-refractivity contribution in [2.45, 2.75) is 6.92 Å². The van der Waals surface area contributed by atoms with Crippen LogP contribution in [0, 0.1) is 6.92 Å². The molecule has 0 amide bonds. The fourth-order valence-electron chi connectivity index (χ4n) is 0.855. The summed E-state index contributed by atoms with van der Waals surface area (Å²) in [6, 6.07) is 7.22. The Hall–Kier alpha value is 0.126. The van der Waals surface area contributed by atoms with Crippen molar-refractivity contribution in [3.05, 3.63) is 29.8 Å². The first-order chi connectivity index (χ1) is 5.70. The molecular weight excluding hydrogens is 195 g/mol. The van der Waals surface area contributed by atoms with E-state index in [1.54, 1.807) is 12.1 Å². The number of aliphatic carboxylic acids is 1. The molecule has 0 aromatic heterocycles. The summed E-state index contributed by atoms with van der Waals surface area (Å²) in [7, 11) is 0. The fourth-order valence-corrected chi connectivity index (χ4v) is 0.855. The van der Waals surface area contributed by atoms with Crippen LogP contribution in [0.5, 0.6) is 5.75 Å². The Kier molecular flexibility index (Phi) is 6.62. The molecule has 0 bridgehead atoms. The van der Waals surface area contributed by atoms with Crippen LogP contribution in [-0.4, -0.2) is 12.6 Å². The minimum absolute atomic E-state index is 0. The van der Waals surface area contributed by atoms with Gasteiger partial charge in [-0.05, 0) is 18.6 Å². The number of benzene rings is 1. The van der Waals surface area contributed by atoms with E-state index in [0.29, 0.717) is 5.75 Å². The van der Waals surface area contributed by atoms with E-state index in [2.05, 4.69) is 0 Å². The molecule has 1 aromatic carbocycles. The van der Waals surface area contributed by atoms with Crippen molar-refractivity contribution < 1.29 is 66.0 Å². The van der Waals surface area contributed by atoms with E-state index in [1.165, 1.54) is 0 Å². The Morgan fingerprint density at radius 1 is 1.46 bits per heavy atom. The van der Waals surface area contributed by atoms with E-state index in [0.717, 1.165) is 5.56 Å². The van der Waals surface area contributed by atoms with Gasteiger partial charge in [-0.1, -0.05) is 18.2 Å². The van der Waals surface area contributed by atoms with E-state index in [9.17, 15) is 9.90 Å². The maximum absolute atomic E-state index is 10.0. The van der Waals surface area contributed by atoms with Crippen LogP contribution in [0.4, 0.5) is 0 Å². The molecule has 0 aliphatic carbocycles. The normalized spacial score (nSPS) is 8.69. The summed E-state index contributed by atoms with van der Waals surface area (Å²) in [5, 5.41) is 10.0. The van der Waals surface area contributed by atoms with Crippen LogP contribution in [0.2, 0.25) is 0 Å². The molecule has 13 heavy (non-hydrogen) atoms. The van der Waals surface area contributed by atoms with E-state index < -0.39 is 12.6 Å². The van der Waals surface area contributed by atoms with E-state index in [-0.39, 0.29) is 51.4 Å². The molecule has 0 aliphatic heterocycles. The summed E-state index contributed by atoms with van der Waals surface area (Å²) in [4.78, 5) is 10.0. The molecular formula is C9H9KO3. The Bertz CT molecular complexity index is 286. The maximum Gasteiger partial charge on any atom is 1.00 e. The first-order valence-electron chi connectivity index (χ1n) is 3.58. The minimum atomic E-state index is -1.21. The van der Waals surface area contributed by atoms with Crippen molar-refractivity contribution >= 4 is 5.97 Å². The molecule has 1 rings (SSSR count). The number of carboxylic acid groups (broad SMARTS) is 1. The zero-order valence-electron chi connectivity index (χ0n) is 7.74. The molecule has 0 radical (unpaired) electrons. The number of para-hydroxylation sites is 1. The van der Waals surface area contributed by atoms with Crippen LogP contribution in [0.1, 0.15) is 5.56 Å².